The number of nitrogens with zero attached hydrogens (tertiary/aromatic N) is 3. The van der Waals surface area contributed by atoms with Crippen molar-refractivity contribution < 1.29 is 4.79 Å². The molecule has 1 saturated carbocycles. The van der Waals surface area contributed by atoms with Crippen molar-refractivity contribution in [2.24, 2.45) is 0 Å². The van der Waals surface area contributed by atoms with E-state index in [1.807, 2.05) is 49.4 Å². The third kappa shape index (κ3) is 3.16. The number of fused-ring (bicyclic) bond motifs is 2. The molecule has 30 heavy (non-hydrogen) atoms. The number of aromatic amines is 1. The predicted molar refractivity (Wildman–Crippen MR) is 115 cm³/mol. The number of H-pyrrole nitrogens is 1. The Morgan fingerprint density at radius 1 is 1.07 bits per heavy atom. The van der Waals surface area contributed by atoms with Crippen LogP contribution in [0.4, 0.5) is 0 Å². The normalized spacial score (nSPS) is 19.2. The molecular formula is C23H23N5O2. The molecule has 0 aliphatic heterocycles. The van der Waals surface area contributed by atoms with Crippen molar-refractivity contribution in [3.05, 3.63) is 76.0 Å². The molecule has 0 unspecified atom stereocenters. The minimum absolute atomic E-state index is 0.0772. The van der Waals surface area contributed by atoms with Gasteiger partial charge in [-0.05, 0) is 50.8 Å². The average molecular weight is 401 g/mol. The van der Waals surface area contributed by atoms with Gasteiger partial charge in [-0.15, -0.1) is 0 Å². The molecule has 5 rings (SSSR count). The lowest BCUT2D eigenvalue weighted by Gasteiger charge is -2.29. The van der Waals surface area contributed by atoms with Crippen molar-refractivity contribution >= 4 is 22.2 Å². The van der Waals surface area contributed by atoms with Crippen molar-refractivity contribution in [1.29, 1.82) is 0 Å². The zero-order valence-electron chi connectivity index (χ0n) is 16.8. The molecule has 4 aromatic rings. The molecule has 1 aliphatic carbocycles. The standard InChI is InChI=1S/C23H23N5O2/c1-14-5-4-8-20-19(13-24-28(14)20)22(29)25-16-11-9-15(10-12-16)21-17-6-2-3-7-18(17)23(30)27-26-21/h2-8,13,15-16H,9-12H2,1H3,(H,25,29)(H,27,30). The molecule has 1 aliphatic rings. The first-order valence-corrected chi connectivity index (χ1v) is 10.3. The number of hydrogen-bond donors (Lipinski definition) is 2. The molecule has 2 N–H and O–H groups in total. The van der Waals surface area contributed by atoms with Gasteiger partial charge in [0.1, 0.15) is 0 Å². The number of carbonyl (C=O) groups excluding carboxylic acids is 1. The van der Waals surface area contributed by atoms with E-state index >= 15 is 0 Å². The molecule has 0 spiro atoms. The number of carbonyl (C=O) groups is 1. The summed E-state index contributed by atoms with van der Waals surface area (Å²) in [5.41, 5.74) is 3.22. The number of rotatable bonds is 3. The summed E-state index contributed by atoms with van der Waals surface area (Å²) in [7, 11) is 0. The molecule has 0 atom stereocenters. The van der Waals surface area contributed by atoms with Crippen molar-refractivity contribution in [2.75, 3.05) is 0 Å². The van der Waals surface area contributed by atoms with E-state index in [2.05, 4.69) is 20.6 Å². The van der Waals surface area contributed by atoms with Gasteiger partial charge >= 0.3 is 0 Å². The fourth-order valence-corrected chi connectivity index (χ4v) is 4.54. The Morgan fingerprint density at radius 3 is 2.63 bits per heavy atom. The van der Waals surface area contributed by atoms with Crippen LogP contribution in [0.2, 0.25) is 0 Å². The van der Waals surface area contributed by atoms with Crippen LogP contribution in [0.15, 0.2) is 53.5 Å². The number of nitrogens with one attached hydrogen (secondary N) is 2. The van der Waals surface area contributed by atoms with Crippen LogP contribution in [-0.4, -0.2) is 31.8 Å². The largest absolute Gasteiger partial charge is 0.349 e. The summed E-state index contributed by atoms with van der Waals surface area (Å²) >= 11 is 0. The summed E-state index contributed by atoms with van der Waals surface area (Å²) in [5, 5.41) is 16.1. The molecule has 1 aromatic carbocycles. The minimum Gasteiger partial charge on any atom is -0.349 e. The third-order valence-corrected chi connectivity index (χ3v) is 6.15. The average Bonchev–Trinajstić information content (AvgIpc) is 3.21. The third-order valence-electron chi connectivity index (χ3n) is 6.15. The van der Waals surface area contributed by atoms with Crippen LogP contribution in [0.1, 0.15) is 53.3 Å². The summed E-state index contributed by atoms with van der Waals surface area (Å²) in [5.74, 6) is 0.200. The molecule has 152 valence electrons. The van der Waals surface area contributed by atoms with Gasteiger partial charge in [-0.2, -0.15) is 10.2 Å². The van der Waals surface area contributed by atoms with E-state index in [0.29, 0.717) is 10.9 Å². The molecule has 3 heterocycles. The van der Waals surface area contributed by atoms with E-state index in [4.69, 9.17) is 0 Å². The Morgan fingerprint density at radius 2 is 1.83 bits per heavy atom. The zero-order valence-corrected chi connectivity index (χ0v) is 16.8. The minimum atomic E-state index is -0.154. The number of hydrogen-bond acceptors (Lipinski definition) is 4. The van der Waals surface area contributed by atoms with E-state index in [1.54, 1.807) is 10.7 Å². The van der Waals surface area contributed by atoms with Crippen molar-refractivity contribution in [2.45, 2.75) is 44.6 Å². The maximum atomic E-state index is 12.8. The van der Waals surface area contributed by atoms with Gasteiger partial charge < -0.3 is 5.32 Å². The van der Waals surface area contributed by atoms with Crippen LogP contribution < -0.4 is 10.9 Å². The summed E-state index contributed by atoms with van der Waals surface area (Å²) in [4.78, 5) is 24.9. The Kier molecular flexibility index (Phi) is 4.58. The van der Waals surface area contributed by atoms with Crippen molar-refractivity contribution in [3.63, 3.8) is 0 Å². The van der Waals surface area contributed by atoms with Gasteiger partial charge in [-0.25, -0.2) is 9.61 Å². The number of aryl methyl sites for hydroxylation is 1. The Balaban J connectivity index is 1.30. The van der Waals surface area contributed by atoms with Crippen LogP contribution in [0.3, 0.4) is 0 Å². The van der Waals surface area contributed by atoms with Gasteiger partial charge in [0.05, 0.1) is 28.4 Å². The zero-order chi connectivity index (χ0) is 20.7. The van der Waals surface area contributed by atoms with E-state index in [0.717, 1.165) is 48.0 Å². The van der Waals surface area contributed by atoms with Crippen LogP contribution in [0.5, 0.6) is 0 Å². The van der Waals surface area contributed by atoms with Crippen LogP contribution >= 0.6 is 0 Å². The summed E-state index contributed by atoms with van der Waals surface area (Å²) in [6.07, 6.45) is 5.23. The maximum absolute atomic E-state index is 12.8. The monoisotopic (exact) mass is 401 g/mol. The lowest BCUT2D eigenvalue weighted by Crippen LogP contribution is -2.37. The molecule has 1 fully saturated rings. The highest BCUT2D eigenvalue weighted by Gasteiger charge is 2.27. The quantitative estimate of drug-likeness (QED) is 0.551. The van der Waals surface area contributed by atoms with Gasteiger partial charge in [0.25, 0.3) is 11.5 Å². The van der Waals surface area contributed by atoms with Gasteiger partial charge in [0.15, 0.2) is 0 Å². The molecular weight excluding hydrogens is 378 g/mol. The van der Waals surface area contributed by atoms with Crippen LogP contribution in [0, 0.1) is 6.92 Å². The summed E-state index contributed by atoms with van der Waals surface area (Å²) in [6.45, 7) is 1.97. The predicted octanol–water partition coefficient (Wildman–Crippen LogP) is 3.34. The van der Waals surface area contributed by atoms with E-state index in [-0.39, 0.29) is 23.4 Å². The summed E-state index contributed by atoms with van der Waals surface area (Å²) < 4.78 is 1.79. The molecule has 7 heteroatoms. The Hall–Kier alpha value is -3.48. The maximum Gasteiger partial charge on any atom is 0.272 e. The van der Waals surface area contributed by atoms with E-state index in [1.165, 1.54) is 0 Å². The first kappa shape index (κ1) is 18.5. The van der Waals surface area contributed by atoms with Gasteiger partial charge in [-0.3, -0.25) is 9.59 Å². The second-order valence-electron chi connectivity index (χ2n) is 8.03. The van der Waals surface area contributed by atoms with Crippen molar-refractivity contribution in [1.82, 2.24) is 25.1 Å². The topological polar surface area (TPSA) is 92.1 Å². The fraction of sp³-hybridized carbons (Fsp3) is 0.304. The highest BCUT2D eigenvalue weighted by molar-refractivity contribution is 6.00. The second-order valence-corrected chi connectivity index (χ2v) is 8.03. The fourth-order valence-electron chi connectivity index (χ4n) is 4.54. The van der Waals surface area contributed by atoms with E-state index in [9.17, 15) is 9.59 Å². The molecule has 0 bridgehead atoms. The van der Waals surface area contributed by atoms with Crippen LogP contribution in [0.25, 0.3) is 16.3 Å². The first-order chi connectivity index (χ1) is 14.6. The lowest BCUT2D eigenvalue weighted by molar-refractivity contribution is 0.0927. The number of pyridine rings is 1. The number of benzene rings is 1. The molecule has 0 saturated heterocycles. The van der Waals surface area contributed by atoms with Gasteiger partial charge in [-0.1, -0.05) is 24.3 Å². The Bertz CT molecular complexity index is 1300. The molecule has 0 radical (unpaired) electrons. The number of aromatic nitrogens is 4. The second kappa shape index (κ2) is 7.40. The first-order valence-electron chi connectivity index (χ1n) is 10.3. The SMILES string of the molecule is Cc1cccc2c(C(=O)NC3CCC(c4n[nH]c(=O)c5ccccc45)CC3)cnn12. The highest BCUT2D eigenvalue weighted by Crippen LogP contribution is 2.34. The smallest absolute Gasteiger partial charge is 0.272 e. The molecule has 7 nitrogen and oxygen atoms in total. The number of amides is 1. The van der Waals surface area contributed by atoms with E-state index < -0.39 is 0 Å². The molecule has 3 aromatic heterocycles. The van der Waals surface area contributed by atoms with Crippen LogP contribution in [-0.2, 0) is 0 Å². The van der Waals surface area contributed by atoms with Gasteiger partial charge in [0.2, 0.25) is 0 Å². The van der Waals surface area contributed by atoms with Crippen molar-refractivity contribution in [3.8, 4) is 0 Å². The van der Waals surface area contributed by atoms with Gasteiger partial charge in [0, 0.05) is 23.0 Å². The molecule has 1 amide bonds. The lowest BCUT2D eigenvalue weighted by atomic mass is 9.82. The Labute approximate surface area is 173 Å². The highest BCUT2D eigenvalue weighted by atomic mass is 16.1. The summed E-state index contributed by atoms with van der Waals surface area (Å²) in [6, 6.07) is 13.6.